The van der Waals surface area contributed by atoms with Gasteiger partial charge in [0.2, 0.25) is 0 Å². The molecule has 1 unspecified atom stereocenters. The van der Waals surface area contributed by atoms with Gasteiger partial charge in [0, 0.05) is 6.54 Å². The number of carboxylic acids is 1. The lowest BCUT2D eigenvalue weighted by Gasteiger charge is -2.16. The van der Waals surface area contributed by atoms with Crippen molar-refractivity contribution >= 4 is 16.0 Å². The van der Waals surface area contributed by atoms with Crippen LogP contribution in [-0.4, -0.2) is 36.0 Å². The van der Waals surface area contributed by atoms with E-state index in [0.717, 1.165) is 0 Å². The minimum Gasteiger partial charge on any atom is -0.481 e. The first-order valence-electron chi connectivity index (χ1n) is 5.48. The third kappa shape index (κ3) is 3.54. The summed E-state index contributed by atoms with van der Waals surface area (Å²) in [6, 6.07) is 0. The van der Waals surface area contributed by atoms with Crippen molar-refractivity contribution in [2.45, 2.75) is 25.8 Å². The van der Waals surface area contributed by atoms with E-state index < -0.39 is 21.9 Å². The fourth-order valence-corrected chi connectivity index (χ4v) is 2.45. The highest BCUT2D eigenvalue weighted by Gasteiger charge is 2.25. The molecule has 7 nitrogen and oxygen atoms in total. The first-order chi connectivity index (χ1) is 8.24. The first kappa shape index (κ1) is 14.7. The van der Waals surface area contributed by atoms with Gasteiger partial charge in [0.15, 0.2) is 5.03 Å². The monoisotopic (exact) mass is 275 g/mol. The summed E-state index contributed by atoms with van der Waals surface area (Å²) in [5.74, 6) is -1.46. The minimum atomic E-state index is -3.73. The zero-order chi connectivity index (χ0) is 13.9. The summed E-state index contributed by atoms with van der Waals surface area (Å²) in [5, 5.41) is 8.90. The fraction of sp³-hybridized carbons (Fsp3) is 0.600. The van der Waals surface area contributed by atoms with Crippen LogP contribution in [0, 0.1) is 18.8 Å². The van der Waals surface area contributed by atoms with Crippen LogP contribution in [0.2, 0.25) is 0 Å². The van der Waals surface area contributed by atoms with Crippen molar-refractivity contribution < 1.29 is 18.3 Å². The smallest absolute Gasteiger partial charge is 0.308 e. The normalized spacial score (nSPS) is 13.8. The molecule has 0 saturated carbocycles. The highest BCUT2D eigenvalue weighted by Crippen LogP contribution is 2.12. The average molecular weight is 275 g/mol. The number of hydrogen-bond donors (Lipinski definition) is 3. The minimum absolute atomic E-state index is 0.0621. The summed E-state index contributed by atoms with van der Waals surface area (Å²) in [6.07, 6.45) is 1.20. The molecule has 0 fully saturated rings. The number of sulfonamides is 1. The summed E-state index contributed by atoms with van der Waals surface area (Å²) < 4.78 is 25.9. The van der Waals surface area contributed by atoms with E-state index in [-0.39, 0.29) is 17.5 Å². The van der Waals surface area contributed by atoms with E-state index in [9.17, 15) is 13.2 Å². The Kier molecular flexibility index (Phi) is 4.47. The van der Waals surface area contributed by atoms with Crippen LogP contribution in [0.4, 0.5) is 0 Å². The number of aromatic nitrogens is 2. The zero-order valence-corrected chi connectivity index (χ0v) is 11.3. The Morgan fingerprint density at radius 2 is 2.17 bits per heavy atom. The fourth-order valence-electron chi connectivity index (χ4n) is 1.42. The van der Waals surface area contributed by atoms with E-state index in [1.54, 1.807) is 20.8 Å². The van der Waals surface area contributed by atoms with Gasteiger partial charge in [-0.1, -0.05) is 13.8 Å². The molecule has 1 atom stereocenters. The third-order valence-corrected chi connectivity index (χ3v) is 3.92. The summed E-state index contributed by atoms with van der Waals surface area (Å²) >= 11 is 0. The maximum atomic E-state index is 11.8. The van der Waals surface area contributed by atoms with E-state index in [2.05, 4.69) is 14.7 Å². The highest BCUT2D eigenvalue weighted by atomic mass is 32.2. The molecule has 1 aromatic rings. The molecule has 3 N–H and O–H groups in total. The summed E-state index contributed by atoms with van der Waals surface area (Å²) in [7, 11) is -3.73. The number of carboxylic acid groups (broad SMARTS) is 1. The van der Waals surface area contributed by atoms with Crippen molar-refractivity contribution in [2.75, 3.05) is 6.54 Å². The van der Waals surface area contributed by atoms with Crippen LogP contribution in [0.3, 0.4) is 0 Å². The highest BCUT2D eigenvalue weighted by molar-refractivity contribution is 7.89. The van der Waals surface area contributed by atoms with Crippen LogP contribution in [0.25, 0.3) is 0 Å². The largest absolute Gasteiger partial charge is 0.481 e. The summed E-state index contributed by atoms with van der Waals surface area (Å²) in [6.45, 7) is 4.95. The molecule has 0 aliphatic rings. The number of aryl methyl sites for hydroxylation is 1. The van der Waals surface area contributed by atoms with Crippen molar-refractivity contribution in [2.24, 2.45) is 11.8 Å². The SMILES string of the molecule is Cc1ncc(S(=O)(=O)NCC(C(=O)O)C(C)C)[nH]1. The Bertz CT molecular complexity index is 521. The summed E-state index contributed by atoms with van der Waals surface area (Å²) in [5.41, 5.74) is 0. The quantitative estimate of drug-likeness (QED) is 0.693. The molecular weight excluding hydrogens is 258 g/mol. The molecule has 0 radical (unpaired) electrons. The van der Waals surface area contributed by atoms with Crippen LogP contribution >= 0.6 is 0 Å². The van der Waals surface area contributed by atoms with Crippen molar-refractivity contribution in [3.05, 3.63) is 12.0 Å². The van der Waals surface area contributed by atoms with Gasteiger partial charge < -0.3 is 10.1 Å². The molecule has 0 aromatic carbocycles. The van der Waals surface area contributed by atoms with Crippen molar-refractivity contribution in [1.82, 2.24) is 14.7 Å². The van der Waals surface area contributed by atoms with E-state index in [1.807, 2.05) is 0 Å². The molecular formula is C10H17N3O4S. The van der Waals surface area contributed by atoms with Gasteiger partial charge in [-0.15, -0.1) is 0 Å². The standard InChI is InChI=1S/C10H17N3O4S/c1-6(2)8(10(14)15)4-12-18(16,17)9-5-11-7(3)13-9/h5-6,8,12H,4H2,1-3H3,(H,11,13)(H,14,15). The molecule has 0 aliphatic heterocycles. The van der Waals surface area contributed by atoms with E-state index in [4.69, 9.17) is 5.11 Å². The second kappa shape index (κ2) is 5.49. The van der Waals surface area contributed by atoms with Crippen molar-refractivity contribution in [3.8, 4) is 0 Å². The lowest BCUT2D eigenvalue weighted by molar-refractivity contribution is -0.142. The van der Waals surface area contributed by atoms with Gasteiger partial charge in [-0.3, -0.25) is 4.79 Å². The Hall–Kier alpha value is -1.41. The van der Waals surface area contributed by atoms with E-state index in [0.29, 0.717) is 5.82 Å². The zero-order valence-electron chi connectivity index (χ0n) is 10.5. The topological polar surface area (TPSA) is 112 Å². The van der Waals surface area contributed by atoms with Crippen molar-refractivity contribution in [3.63, 3.8) is 0 Å². The number of carbonyl (C=O) groups is 1. The van der Waals surface area contributed by atoms with E-state index >= 15 is 0 Å². The Morgan fingerprint density at radius 1 is 1.56 bits per heavy atom. The third-order valence-electron chi connectivity index (χ3n) is 2.58. The molecule has 1 heterocycles. The molecule has 0 amide bonds. The molecule has 0 spiro atoms. The van der Waals surface area contributed by atoms with Crippen LogP contribution in [-0.2, 0) is 14.8 Å². The van der Waals surface area contributed by atoms with Gasteiger partial charge >= 0.3 is 5.97 Å². The van der Waals surface area contributed by atoms with Crippen LogP contribution in [0.5, 0.6) is 0 Å². The molecule has 1 aromatic heterocycles. The Balaban J connectivity index is 2.76. The van der Waals surface area contributed by atoms with Gasteiger partial charge in [0.05, 0.1) is 12.1 Å². The first-order valence-corrected chi connectivity index (χ1v) is 6.96. The van der Waals surface area contributed by atoms with Crippen LogP contribution in [0.15, 0.2) is 11.2 Å². The van der Waals surface area contributed by atoms with Gasteiger partial charge in [-0.05, 0) is 12.8 Å². The lowest BCUT2D eigenvalue weighted by atomic mass is 9.97. The number of nitrogens with one attached hydrogen (secondary N) is 2. The van der Waals surface area contributed by atoms with Gasteiger partial charge in [0.1, 0.15) is 5.82 Å². The van der Waals surface area contributed by atoms with E-state index in [1.165, 1.54) is 6.20 Å². The molecule has 0 bridgehead atoms. The second-order valence-electron chi connectivity index (χ2n) is 4.37. The molecule has 102 valence electrons. The predicted molar refractivity (Wildman–Crippen MR) is 64.5 cm³/mol. The number of hydrogen-bond acceptors (Lipinski definition) is 4. The Labute approximate surface area is 106 Å². The molecule has 18 heavy (non-hydrogen) atoms. The number of nitrogens with zero attached hydrogens (tertiary/aromatic N) is 1. The molecule has 0 saturated heterocycles. The van der Waals surface area contributed by atoms with Crippen LogP contribution < -0.4 is 4.72 Å². The predicted octanol–water partition coefficient (Wildman–Crippen LogP) is 0.353. The number of rotatable bonds is 6. The molecule has 8 heteroatoms. The summed E-state index contributed by atoms with van der Waals surface area (Å²) in [4.78, 5) is 17.3. The second-order valence-corrected chi connectivity index (χ2v) is 6.11. The maximum Gasteiger partial charge on any atom is 0.308 e. The average Bonchev–Trinajstić information content (AvgIpc) is 2.64. The number of aliphatic carboxylic acids is 1. The molecule has 1 rings (SSSR count). The number of imidazole rings is 1. The Morgan fingerprint density at radius 3 is 2.56 bits per heavy atom. The number of aromatic amines is 1. The molecule has 0 aliphatic carbocycles. The number of H-pyrrole nitrogens is 1. The van der Waals surface area contributed by atoms with Crippen molar-refractivity contribution in [1.29, 1.82) is 0 Å². The van der Waals surface area contributed by atoms with Gasteiger partial charge in [-0.2, -0.15) is 0 Å². The van der Waals surface area contributed by atoms with Crippen LogP contribution in [0.1, 0.15) is 19.7 Å². The maximum absolute atomic E-state index is 11.8. The lowest BCUT2D eigenvalue weighted by Crippen LogP contribution is -2.35. The van der Waals surface area contributed by atoms with Gasteiger partial charge in [0.25, 0.3) is 10.0 Å². The van der Waals surface area contributed by atoms with Gasteiger partial charge in [-0.25, -0.2) is 18.1 Å².